The minimum absolute atomic E-state index is 0.00980. The van der Waals surface area contributed by atoms with Crippen LogP contribution in [-0.2, 0) is 28.5 Å². The van der Waals surface area contributed by atoms with Crippen LogP contribution in [0.15, 0.2) is 23.8 Å². The first kappa shape index (κ1) is 39.6. The van der Waals surface area contributed by atoms with Crippen molar-refractivity contribution in [3.05, 3.63) is 23.8 Å². The number of rotatable bonds is 19. The molecule has 0 spiro atoms. The van der Waals surface area contributed by atoms with E-state index >= 15 is 0 Å². The van der Waals surface area contributed by atoms with Crippen molar-refractivity contribution >= 4 is 18.0 Å². The second kappa shape index (κ2) is 19.9. The maximum Gasteiger partial charge on any atom is 0.409 e. The maximum absolute atomic E-state index is 12.8. The number of ether oxygens (including phenoxy) is 4. The predicted molar refractivity (Wildman–Crippen MR) is 173 cm³/mol. The van der Waals surface area contributed by atoms with Crippen LogP contribution in [0.5, 0.6) is 0 Å². The van der Waals surface area contributed by atoms with Crippen molar-refractivity contribution in [2.75, 3.05) is 26.8 Å². The summed E-state index contributed by atoms with van der Waals surface area (Å²) in [6.07, 6.45) is 8.93. The zero-order valence-electron chi connectivity index (χ0n) is 28.9. The summed E-state index contributed by atoms with van der Waals surface area (Å²) in [7, 11) is 1.72. The van der Waals surface area contributed by atoms with Crippen LogP contribution in [0.3, 0.4) is 0 Å². The van der Waals surface area contributed by atoms with Gasteiger partial charge in [-0.25, -0.2) is 9.59 Å². The van der Waals surface area contributed by atoms with Crippen LogP contribution in [-0.4, -0.2) is 90.8 Å². The molecule has 1 fully saturated rings. The van der Waals surface area contributed by atoms with E-state index in [1.807, 2.05) is 20.8 Å². The van der Waals surface area contributed by atoms with E-state index in [0.717, 1.165) is 31.3 Å². The molecule has 0 saturated carbocycles. The molecule has 1 aliphatic rings. The average molecular weight is 625 g/mol. The van der Waals surface area contributed by atoms with Crippen LogP contribution < -0.4 is 5.32 Å². The number of amides is 2. The van der Waals surface area contributed by atoms with Gasteiger partial charge in [0.25, 0.3) is 0 Å². The van der Waals surface area contributed by atoms with Gasteiger partial charge in [-0.3, -0.25) is 4.79 Å². The molecule has 0 aliphatic carbocycles. The number of allylic oxidation sites excluding steroid dienone is 3. The van der Waals surface area contributed by atoms with E-state index in [9.17, 15) is 19.5 Å². The molecular weight excluding hydrogens is 564 g/mol. The molecule has 1 aliphatic heterocycles. The van der Waals surface area contributed by atoms with Gasteiger partial charge in [-0.15, -0.1) is 0 Å². The van der Waals surface area contributed by atoms with E-state index in [2.05, 4.69) is 65.1 Å². The lowest BCUT2D eigenvalue weighted by Crippen LogP contribution is -2.44. The second-order valence-electron chi connectivity index (χ2n) is 12.7. The van der Waals surface area contributed by atoms with Gasteiger partial charge in [0.2, 0.25) is 5.91 Å². The molecule has 7 atom stereocenters. The quantitative estimate of drug-likeness (QED) is 0.164. The highest BCUT2D eigenvalue weighted by atomic mass is 16.6. The number of methoxy groups -OCH3 is 1. The summed E-state index contributed by atoms with van der Waals surface area (Å²) in [4.78, 5) is 38.0. The Morgan fingerprint density at radius 2 is 1.80 bits per heavy atom. The van der Waals surface area contributed by atoms with Gasteiger partial charge >= 0.3 is 12.1 Å². The Hall–Kier alpha value is -2.43. The largest absolute Gasteiger partial charge is 0.480 e. The van der Waals surface area contributed by atoms with Gasteiger partial charge in [0.15, 0.2) is 0 Å². The van der Waals surface area contributed by atoms with E-state index in [1.54, 1.807) is 7.11 Å². The molecule has 44 heavy (non-hydrogen) atoms. The fraction of sp³-hybridized carbons (Fsp3) is 0.794. The van der Waals surface area contributed by atoms with Gasteiger partial charge in [-0.1, -0.05) is 39.0 Å². The first-order valence-electron chi connectivity index (χ1n) is 16.3. The summed E-state index contributed by atoms with van der Waals surface area (Å²) in [6, 6.07) is -1.15. The van der Waals surface area contributed by atoms with Crippen molar-refractivity contribution in [3.8, 4) is 0 Å². The van der Waals surface area contributed by atoms with Gasteiger partial charge in [0.1, 0.15) is 6.04 Å². The molecule has 1 saturated heterocycles. The van der Waals surface area contributed by atoms with Crippen molar-refractivity contribution < 1.29 is 38.4 Å². The fourth-order valence-electron chi connectivity index (χ4n) is 5.92. The molecule has 10 heteroatoms. The first-order chi connectivity index (χ1) is 20.7. The van der Waals surface area contributed by atoms with Crippen molar-refractivity contribution in [1.29, 1.82) is 0 Å². The van der Waals surface area contributed by atoms with E-state index < -0.39 is 24.0 Å². The first-order valence-corrected chi connectivity index (χ1v) is 16.3. The normalized spacial score (nSPS) is 22.2. The Labute approximate surface area is 265 Å². The zero-order chi connectivity index (χ0) is 33.4. The summed E-state index contributed by atoms with van der Waals surface area (Å²) in [6.45, 7) is 19.3. The number of carboxylic acids is 1. The van der Waals surface area contributed by atoms with Gasteiger partial charge in [-0.2, -0.15) is 0 Å². The second-order valence-corrected chi connectivity index (χ2v) is 12.7. The highest BCUT2D eigenvalue weighted by Crippen LogP contribution is 2.31. The Bertz CT molecular complexity index is 942. The van der Waals surface area contributed by atoms with Crippen molar-refractivity contribution in [1.82, 2.24) is 10.2 Å². The maximum atomic E-state index is 12.8. The minimum Gasteiger partial charge on any atom is -0.480 e. The fourth-order valence-corrected chi connectivity index (χ4v) is 5.92. The highest BCUT2D eigenvalue weighted by molar-refractivity contribution is 5.83. The highest BCUT2D eigenvalue weighted by Gasteiger charge is 2.32. The predicted octanol–water partition coefficient (Wildman–Crippen LogP) is 6.14. The molecule has 254 valence electrons. The van der Waals surface area contributed by atoms with Gasteiger partial charge in [0, 0.05) is 26.6 Å². The van der Waals surface area contributed by atoms with E-state index in [0.29, 0.717) is 24.9 Å². The molecule has 0 radical (unpaired) electrons. The van der Waals surface area contributed by atoms with E-state index in [4.69, 9.17) is 18.9 Å². The van der Waals surface area contributed by atoms with Crippen molar-refractivity contribution in [3.63, 3.8) is 0 Å². The molecule has 0 aromatic carbocycles. The van der Waals surface area contributed by atoms with Crippen LogP contribution in [0.2, 0.25) is 0 Å². The molecule has 10 nitrogen and oxygen atoms in total. The number of hydrogen-bond acceptors (Lipinski definition) is 7. The molecule has 2 N–H and O–H groups in total. The third-order valence-electron chi connectivity index (χ3n) is 8.29. The summed E-state index contributed by atoms with van der Waals surface area (Å²) in [5, 5.41) is 12.2. The topological polar surface area (TPSA) is 124 Å². The molecule has 1 rings (SSSR count). The summed E-state index contributed by atoms with van der Waals surface area (Å²) >= 11 is 0. The molecule has 0 aromatic heterocycles. The Kier molecular flexibility index (Phi) is 17.9. The number of carbonyl (C=O) groups is 3. The SMILES string of the molecule is CC[C@H](OC)C(C)OC(C)(C)C[C@H](C)/C=C/C=C(\C)[C@H]1O[C@@H](CC(=O)N[C@@H](CCOC(=O)N(CC)CC)C(=O)O)CC[C@@H]1C. The minimum atomic E-state index is -1.17. The molecule has 1 unspecified atom stereocenters. The summed E-state index contributed by atoms with van der Waals surface area (Å²) in [5.41, 5.74) is 0.789. The Morgan fingerprint density at radius 3 is 2.36 bits per heavy atom. The van der Waals surface area contributed by atoms with Crippen LogP contribution in [0.4, 0.5) is 4.79 Å². The Morgan fingerprint density at radius 1 is 1.14 bits per heavy atom. The molecule has 1 heterocycles. The van der Waals surface area contributed by atoms with Crippen LogP contribution in [0, 0.1) is 11.8 Å². The molecule has 2 amide bonds. The third kappa shape index (κ3) is 14.1. The van der Waals surface area contributed by atoms with E-state index in [-0.39, 0.29) is 49.5 Å². The number of hydrogen-bond donors (Lipinski definition) is 2. The average Bonchev–Trinajstić information content (AvgIpc) is 2.94. The zero-order valence-corrected chi connectivity index (χ0v) is 28.9. The monoisotopic (exact) mass is 624 g/mol. The van der Waals surface area contributed by atoms with Crippen molar-refractivity contribution in [2.24, 2.45) is 11.8 Å². The van der Waals surface area contributed by atoms with Crippen LogP contribution in [0.1, 0.15) is 101 Å². The molecule has 0 bridgehead atoms. The number of carbonyl (C=O) groups excluding carboxylic acids is 2. The number of carboxylic acid groups (broad SMARTS) is 1. The van der Waals surface area contributed by atoms with Crippen LogP contribution in [0.25, 0.3) is 0 Å². The van der Waals surface area contributed by atoms with Gasteiger partial charge < -0.3 is 34.3 Å². The lowest BCUT2D eigenvalue weighted by atomic mass is 9.88. The smallest absolute Gasteiger partial charge is 0.409 e. The molecule has 0 aromatic rings. The lowest BCUT2D eigenvalue weighted by molar-refractivity contribution is -0.143. The lowest BCUT2D eigenvalue weighted by Gasteiger charge is -2.35. The number of nitrogens with one attached hydrogen (secondary N) is 1. The number of aliphatic carboxylic acids is 1. The summed E-state index contributed by atoms with van der Waals surface area (Å²) < 4.78 is 23.4. The van der Waals surface area contributed by atoms with Gasteiger partial charge in [0.05, 0.1) is 43.0 Å². The third-order valence-corrected chi connectivity index (χ3v) is 8.29. The summed E-state index contributed by atoms with van der Waals surface area (Å²) in [5.74, 6) is -0.966. The molecular formula is C34H60N2O8. The van der Waals surface area contributed by atoms with E-state index in [1.165, 1.54) is 4.90 Å². The Balaban J connectivity index is 2.67. The standard InChI is InChI=1S/C34H60N2O8/c1-11-29(41-10)26(7)44-34(8,9)22-23(4)15-14-16-24(5)31-25(6)17-18-27(43-31)21-30(37)35-28(32(38)39)19-20-42-33(40)36(12-2)13-3/h14-16,23,25-29,31H,11-13,17-22H2,1-10H3,(H,35,37)(H,38,39)/b15-14+,24-16+/t23-,25+,26?,27-,28+,29+,31-/m1/s1. The van der Waals surface area contributed by atoms with Crippen molar-refractivity contribution in [2.45, 2.75) is 137 Å². The van der Waals surface area contributed by atoms with Gasteiger partial charge in [-0.05, 0) is 84.6 Å². The van der Waals surface area contributed by atoms with Crippen LogP contribution >= 0.6 is 0 Å². The number of nitrogens with zero attached hydrogens (tertiary/aromatic N) is 1.